The smallest absolute Gasteiger partial charge is 0.222 e. The van der Waals surface area contributed by atoms with Crippen LogP contribution in [0.3, 0.4) is 0 Å². The minimum Gasteiger partial charge on any atom is -0.356 e. The van der Waals surface area contributed by atoms with Gasteiger partial charge in [0.1, 0.15) is 0 Å². The number of carbonyl (C=O) groups is 2. The first-order valence-electron chi connectivity index (χ1n) is 9.10. The molecule has 0 heterocycles. The largest absolute Gasteiger partial charge is 0.356 e. The number of benzene rings is 2. The highest BCUT2D eigenvalue weighted by atomic mass is 16.2. The lowest BCUT2D eigenvalue weighted by Gasteiger charge is -2.18. The topological polar surface area (TPSA) is 58.2 Å². The maximum absolute atomic E-state index is 12.3. The van der Waals surface area contributed by atoms with Crippen molar-refractivity contribution in [1.82, 2.24) is 10.6 Å². The van der Waals surface area contributed by atoms with E-state index in [9.17, 15) is 9.59 Å². The van der Waals surface area contributed by atoms with Crippen LogP contribution in [0, 0.1) is 13.8 Å². The van der Waals surface area contributed by atoms with Crippen molar-refractivity contribution in [3.05, 3.63) is 70.8 Å². The van der Waals surface area contributed by atoms with E-state index in [1.165, 1.54) is 23.6 Å². The van der Waals surface area contributed by atoms with E-state index >= 15 is 0 Å². The van der Waals surface area contributed by atoms with E-state index in [4.69, 9.17) is 0 Å². The average molecular weight is 352 g/mol. The van der Waals surface area contributed by atoms with E-state index in [-0.39, 0.29) is 24.3 Å². The van der Waals surface area contributed by atoms with Crippen LogP contribution < -0.4 is 10.6 Å². The summed E-state index contributed by atoms with van der Waals surface area (Å²) in [7, 11) is 0. The Labute approximate surface area is 156 Å². The van der Waals surface area contributed by atoms with Crippen molar-refractivity contribution < 1.29 is 9.59 Å². The summed E-state index contributed by atoms with van der Waals surface area (Å²) < 4.78 is 0. The number of rotatable bonds is 8. The summed E-state index contributed by atoms with van der Waals surface area (Å²) >= 11 is 0. The summed E-state index contributed by atoms with van der Waals surface area (Å²) in [5, 5.41) is 5.82. The fourth-order valence-electron chi connectivity index (χ4n) is 3.07. The lowest BCUT2D eigenvalue weighted by molar-refractivity contribution is -0.122. The van der Waals surface area contributed by atoms with Crippen molar-refractivity contribution in [3.8, 4) is 0 Å². The lowest BCUT2D eigenvalue weighted by atomic mass is 10.0. The maximum atomic E-state index is 12.3. The summed E-state index contributed by atoms with van der Waals surface area (Å²) in [4.78, 5) is 23.7. The molecule has 2 amide bonds. The maximum Gasteiger partial charge on any atom is 0.222 e. The van der Waals surface area contributed by atoms with Gasteiger partial charge in [-0.1, -0.05) is 54.1 Å². The molecular formula is C22H28N2O2. The van der Waals surface area contributed by atoms with Crippen LogP contribution in [0.2, 0.25) is 0 Å². The first kappa shape index (κ1) is 19.7. The Morgan fingerprint density at radius 1 is 1.04 bits per heavy atom. The Morgan fingerprint density at radius 2 is 1.77 bits per heavy atom. The molecule has 0 bridgehead atoms. The van der Waals surface area contributed by atoms with Gasteiger partial charge in [0.15, 0.2) is 0 Å². The summed E-state index contributed by atoms with van der Waals surface area (Å²) in [5.74, 6) is -0.185. The Bertz CT molecular complexity index is 741. The Balaban J connectivity index is 1.81. The zero-order valence-corrected chi connectivity index (χ0v) is 15.8. The molecular weight excluding hydrogens is 324 g/mol. The zero-order valence-electron chi connectivity index (χ0n) is 15.8. The first-order valence-corrected chi connectivity index (χ1v) is 9.10. The molecule has 138 valence electrons. The van der Waals surface area contributed by atoms with Gasteiger partial charge in [-0.25, -0.2) is 0 Å². The summed E-state index contributed by atoms with van der Waals surface area (Å²) in [6.07, 6.45) is 2.08. The number of hydrogen-bond acceptors (Lipinski definition) is 2. The van der Waals surface area contributed by atoms with Crippen LogP contribution in [-0.4, -0.2) is 18.4 Å². The van der Waals surface area contributed by atoms with Crippen molar-refractivity contribution >= 4 is 11.8 Å². The highest BCUT2D eigenvalue weighted by Crippen LogP contribution is 2.16. The molecule has 2 N–H and O–H groups in total. The van der Waals surface area contributed by atoms with Gasteiger partial charge in [0.05, 0.1) is 12.5 Å². The van der Waals surface area contributed by atoms with Crippen LogP contribution in [0.25, 0.3) is 0 Å². The molecule has 2 rings (SSSR count). The molecule has 0 unspecified atom stereocenters. The molecule has 0 aromatic heterocycles. The molecule has 0 aliphatic heterocycles. The lowest BCUT2D eigenvalue weighted by Crippen LogP contribution is -2.33. The molecule has 0 spiro atoms. The number of hydrogen-bond donors (Lipinski definition) is 2. The fraction of sp³-hybridized carbons (Fsp3) is 0.364. The molecule has 0 saturated heterocycles. The fourth-order valence-corrected chi connectivity index (χ4v) is 3.07. The molecule has 2 aromatic rings. The third kappa shape index (κ3) is 6.36. The van der Waals surface area contributed by atoms with Crippen LogP contribution in [0.1, 0.15) is 48.1 Å². The van der Waals surface area contributed by atoms with E-state index in [2.05, 4.69) is 42.7 Å². The monoisotopic (exact) mass is 352 g/mol. The highest BCUT2D eigenvalue weighted by molar-refractivity contribution is 5.79. The second-order valence-electron chi connectivity index (χ2n) is 6.75. The predicted octanol–water partition coefficient (Wildman–Crippen LogP) is 3.62. The van der Waals surface area contributed by atoms with Crippen LogP contribution in [0.5, 0.6) is 0 Å². The number of amides is 2. The van der Waals surface area contributed by atoms with Gasteiger partial charge in [-0.2, -0.15) is 0 Å². The van der Waals surface area contributed by atoms with E-state index in [0.717, 1.165) is 18.4 Å². The van der Waals surface area contributed by atoms with Gasteiger partial charge in [0.2, 0.25) is 11.8 Å². The standard InChI is InChI=1S/C22H28N2O2/c1-16-11-12-19(17(2)14-16)10-7-13-23-22(26)15-21(24-18(3)25)20-8-5-4-6-9-20/h4-6,8-9,11-12,14,21H,7,10,13,15H2,1-3H3,(H,23,26)(H,24,25)/t21-/m0/s1. The minimum absolute atomic E-state index is 0.0479. The highest BCUT2D eigenvalue weighted by Gasteiger charge is 2.16. The van der Waals surface area contributed by atoms with Gasteiger partial charge >= 0.3 is 0 Å². The Hall–Kier alpha value is -2.62. The van der Waals surface area contributed by atoms with Gasteiger partial charge in [-0.15, -0.1) is 0 Å². The zero-order chi connectivity index (χ0) is 18.9. The van der Waals surface area contributed by atoms with Gasteiger partial charge in [0, 0.05) is 13.5 Å². The van der Waals surface area contributed by atoms with Crippen molar-refractivity contribution in [1.29, 1.82) is 0 Å². The summed E-state index contributed by atoms with van der Waals surface area (Å²) in [6.45, 7) is 6.32. The van der Waals surface area contributed by atoms with Crippen molar-refractivity contribution in [2.45, 2.75) is 46.1 Å². The van der Waals surface area contributed by atoms with Crippen molar-refractivity contribution in [2.24, 2.45) is 0 Å². The molecule has 0 fully saturated rings. The molecule has 0 saturated carbocycles. The van der Waals surface area contributed by atoms with Gasteiger partial charge in [-0.3, -0.25) is 9.59 Å². The normalized spacial score (nSPS) is 11.7. The first-order chi connectivity index (χ1) is 12.5. The second kappa shape index (κ2) is 9.76. The van der Waals surface area contributed by atoms with Gasteiger partial charge < -0.3 is 10.6 Å². The van der Waals surface area contributed by atoms with Crippen LogP contribution in [-0.2, 0) is 16.0 Å². The molecule has 1 atom stereocenters. The Morgan fingerprint density at radius 3 is 2.42 bits per heavy atom. The van der Waals surface area contributed by atoms with E-state index < -0.39 is 0 Å². The molecule has 26 heavy (non-hydrogen) atoms. The quantitative estimate of drug-likeness (QED) is 0.713. The molecule has 4 heteroatoms. The molecule has 4 nitrogen and oxygen atoms in total. The average Bonchev–Trinajstić information content (AvgIpc) is 2.60. The molecule has 0 aliphatic carbocycles. The number of aryl methyl sites for hydroxylation is 3. The minimum atomic E-state index is -0.298. The Kier molecular flexibility index (Phi) is 7.39. The third-order valence-corrected chi connectivity index (χ3v) is 4.41. The number of nitrogens with one attached hydrogen (secondary N) is 2. The van der Waals surface area contributed by atoms with Crippen molar-refractivity contribution in [2.75, 3.05) is 6.54 Å². The second-order valence-corrected chi connectivity index (χ2v) is 6.75. The van der Waals surface area contributed by atoms with Crippen molar-refractivity contribution in [3.63, 3.8) is 0 Å². The van der Waals surface area contributed by atoms with Crippen LogP contribution in [0.15, 0.2) is 48.5 Å². The third-order valence-electron chi connectivity index (χ3n) is 4.41. The molecule has 2 aromatic carbocycles. The number of carbonyl (C=O) groups excluding carboxylic acids is 2. The SMILES string of the molecule is CC(=O)N[C@@H](CC(=O)NCCCc1ccc(C)cc1C)c1ccccc1. The summed E-state index contributed by atoms with van der Waals surface area (Å²) in [5.41, 5.74) is 4.83. The van der Waals surface area contributed by atoms with Crippen LogP contribution >= 0.6 is 0 Å². The summed E-state index contributed by atoms with van der Waals surface area (Å²) in [6, 6.07) is 15.8. The van der Waals surface area contributed by atoms with E-state index in [1.807, 2.05) is 30.3 Å². The van der Waals surface area contributed by atoms with Gasteiger partial charge in [-0.05, 0) is 43.4 Å². The molecule has 0 aliphatic rings. The predicted molar refractivity (Wildman–Crippen MR) is 105 cm³/mol. The van der Waals surface area contributed by atoms with Crippen LogP contribution in [0.4, 0.5) is 0 Å². The van der Waals surface area contributed by atoms with Gasteiger partial charge in [0.25, 0.3) is 0 Å². The molecule has 0 radical (unpaired) electrons. The van der Waals surface area contributed by atoms with E-state index in [1.54, 1.807) is 0 Å². The van der Waals surface area contributed by atoms with E-state index in [0.29, 0.717) is 6.54 Å².